The molecule has 3 aromatic rings. The third-order valence-electron chi connectivity index (χ3n) is 3.86. The van der Waals surface area contributed by atoms with Crippen molar-refractivity contribution in [3.8, 4) is 11.5 Å². The molecular weight excluding hydrogens is 312 g/mol. The summed E-state index contributed by atoms with van der Waals surface area (Å²) in [7, 11) is 1.62. The topological polar surface area (TPSA) is 82.7 Å². The fourth-order valence-electron chi connectivity index (χ4n) is 2.58. The van der Waals surface area contributed by atoms with Crippen LogP contribution in [0.3, 0.4) is 0 Å². The Balaban J connectivity index is 1.53. The molecule has 0 saturated heterocycles. The van der Waals surface area contributed by atoms with Crippen molar-refractivity contribution in [3.63, 3.8) is 0 Å². The van der Waals surface area contributed by atoms with E-state index in [9.17, 15) is 9.59 Å². The van der Waals surface area contributed by atoms with Gasteiger partial charge >= 0.3 is 5.76 Å². The van der Waals surface area contributed by atoms with Crippen molar-refractivity contribution >= 4 is 22.7 Å². The molecule has 122 valence electrons. The lowest BCUT2D eigenvalue weighted by Crippen LogP contribution is -2.40. The van der Waals surface area contributed by atoms with Crippen LogP contribution in [-0.2, 0) is 11.8 Å². The summed E-state index contributed by atoms with van der Waals surface area (Å²) < 4.78 is 17.7. The Morgan fingerprint density at radius 1 is 1.21 bits per heavy atom. The molecule has 2 heterocycles. The van der Waals surface area contributed by atoms with Crippen LogP contribution < -0.4 is 20.5 Å². The predicted molar refractivity (Wildman–Crippen MR) is 86.4 cm³/mol. The molecule has 0 bridgehead atoms. The van der Waals surface area contributed by atoms with Crippen molar-refractivity contribution < 1.29 is 18.7 Å². The zero-order chi connectivity index (χ0) is 16.7. The molecule has 1 unspecified atom stereocenters. The van der Waals surface area contributed by atoms with E-state index < -0.39 is 11.9 Å². The first-order valence-corrected chi connectivity index (χ1v) is 7.41. The summed E-state index contributed by atoms with van der Waals surface area (Å²) in [5, 5.41) is 2.75. The number of fused-ring (bicyclic) bond motifs is 2. The maximum Gasteiger partial charge on any atom is 0.419 e. The second kappa shape index (κ2) is 5.45. The van der Waals surface area contributed by atoms with Crippen LogP contribution in [0.2, 0.25) is 0 Å². The second-order valence-electron chi connectivity index (χ2n) is 5.46. The molecule has 7 nitrogen and oxygen atoms in total. The lowest BCUT2D eigenvalue weighted by atomic mass is 10.2. The Morgan fingerprint density at radius 3 is 2.83 bits per heavy atom. The maximum atomic E-state index is 12.4. The summed E-state index contributed by atoms with van der Waals surface area (Å²) in [5.41, 5.74) is 1.58. The monoisotopic (exact) mass is 326 g/mol. The van der Waals surface area contributed by atoms with Gasteiger partial charge in [0, 0.05) is 18.8 Å². The van der Waals surface area contributed by atoms with Gasteiger partial charge in [-0.15, -0.1) is 0 Å². The molecule has 1 atom stereocenters. The Kier molecular flexibility index (Phi) is 3.26. The van der Waals surface area contributed by atoms with Gasteiger partial charge in [-0.05, 0) is 24.3 Å². The molecular formula is C17H14N2O5. The summed E-state index contributed by atoms with van der Waals surface area (Å²) in [6.45, 7) is 0.130. The number of aryl methyl sites for hydroxylation is 1. The van der Waals surface area contributed by atoms with Crippen molar-refractivity contribution in [2.75, 3.05) is 11.9 Å². The highest BCUT2D eigenvalue weighted by molar-refractivity contribution is 5.96. The van der Waals surface area contributed by atoms with Crippen LogP contribution in [0.5, 0.6) is 11.5 Å². The zero-order valence-corrected chi connectivity index (χ0v) is 12.8. The van der Waals surface area contributed by atoms with Gasteiger partial charge < -0.3 is 19.2 Å². The average Bonchev–Trinajstić information content (AvgIpc) is 2.88. The van der Waals surface area contributed by atoms with Gasteiger partial charge in [0.25, 0.3) is 5.91 Å². The molecule has 0 aliphatic carbocycles. The first-order valence-electron chi connectivity index (χ1n) is 7.41. The van der Waals surface area contributed by atoms with Gasteiger partial charge in [-0.3, -0.25) is 9.36 Å². The Hall–Kier alpha value is -3.22. The van der Waals surface area contributed by atoms with Gasteiger partial charge in [-0.25, -0.2) is 4.79 Å². The SMILES string of the molecule is Cn1c(=O)oc2cc(NC(=O)C3COc4ccccc4O3)ccc21. The number of benzene rings is 2. The summed E-state index contributed by atoms with van der Waals surface area (Å²) >= 11 is 0. The third kappa shape index (κ3) is 2.40. The molecule has 0 saturated carbocycles. The summed E-state index contributed by atoms with van der Waals surface area (Å²) in [5.74, 6) is 0.374. The van der Waals surface area contributed by atoms with Gasteiger partial charge in [-0.2, -0.15) is 0 Å². The molecule has 0 fully saturated rings. The highest BCUT2D eigenvalue weighted by Crippen LogP contribution is 2.31. The van der Waals surface area contributed by atoms with E-state index in [1.54, 1.807) is 37.4 Å². The molecule has 4 rings (SSSR count). The van der Waals surface area contributed by atoms with E-state index >= 15 is 0 Å². The van der Waals surface area contributed by atoms with Crippen molar-refractivity contribution in [1.29, 1.82) is 0 Å². The van der Waals surface area contributed by atoms with Gasteiger partial charge in [0.1, 0.15) is 6.61 Å². The average molecular weight is 326 g/mol. The molecule has 0 radical (unpaired) electrons. The normalized spacial score (nSPS) is 16.1. The fourth-order valence-corrected chi connectivity index (χ4v) is 2.58. The number of rotatable bonds is 2. The van der Waals surface area contributed by atoms with Crippen LogP contribution in [0.1, 0.15) is 0 Å². The molecule has 7 heteroatoms. The van der Waals surface area contributed by atoms with Crippen molar-refractivity contribution in [2.45, 2.75) is 6.10 Å². The number of carbonyl (C=O) groups excluding carboxylic acids is 1. The number of oxazole rings is 1. The number of anilines is 1. The van der Waals surface area contributed by atoms with E-state index in [0.29, 0.717) is 28.3 Å². The lowest BCUT2D eigenvalue weighted by molar-refractivity contribution is -0.125. The first-order chi connectivity index (χ1) is 11.6. The highest BCUT2D eigenvalue weighted by atomic mass is 16.6. The number of nitrogens with zero attached hydrogens (tertiary/aromatic N) is 1. The van der Waals surface area contributed by atoms with Gasteiger partial charge in [0.05, 0.1) is 5.52 Å². The Bertz CT molecular complexity index is 988. The molecule has 1 amide bonds. The van der Waals surface area contributed by atoms with Gasteiger partial charge in [0.15, 0.2) is 17.1 Å². The van der Waals surface area contributed by atoms with Gasteiger partial charge in [0.2, 0.25) is 6.10 Å². The van der Waals surface area contributed by atoms with E-state index in [1.807, 2.05) is 12.1 Å². The quantitative estimate of drug-likeness (QED) is 0.778. The van der Waals surface area contributed by atoms with Crippen molar-refractivity contribution in [1.82, 2.24) is 4.57 Å². The standard InChI is InChI=1S/C17H14N2O5/c1-19-11-7-6-10(8-14(11)24-17(19)21)18-16(20)15-9-22-12-4-2-3-5-13(12)23-15/h2-8,15H,9H2,1H3,(H,18,20). The first kappa shape index (κ1) is 14.4. The number of aromatic nitrogens is 1. The lowest BCUT2D eigenvalue weighted by Gasteiger charge is -2.25. The number of hydrogen-bond donors (Lipinski definition) is 1. The van der Waals surface area contributed by atoms with E-state index in [-0.39, 0.29) is 12.5 Å². The van der Waals surface area contributed by atoms with E-state index in [0.717, 1.165) is 0 Å². The van der Waals surface area contributed by atoms with Crippen LogP contribution in [0.25, 0.3) is 11.1 Å². The minimum Gasteiger partial charge on any atom is -0.485 e. The fraction of sp³-hybridized carbons (Fsp3) is 0.176. The largest absolute Gasteiger partial charge is 0.485 e. The van der Waals surface area contributed by atoms with Crippen molar-refractivity contribution in [2.24, 2.45) is 7.05 Å². The molecule has 1 aliphatic rings. The summed E-state index contributed by atoms with van der Waals surface area (Å²) in [4.78, 5) is 23.9. The van der Waals surface area contributed by atoms with E-state index in [1.165, 1.54) is 4.57 Å². The van der Waals surface area contributed by atoms with E-state index in [2.05, 4.69) is 5.32 Å². The number of nitrogens with one attached hydrogen (secondary N) is 1. The van der Waals surface area contributed by atoms with Gasteiger partial charge in [-0.1, -0.05) is 12.1 Å². The second-order valence-corrected chi connectivity index (χ2v) is 5.46. The van der Waals surface area contributed by atoms with E-state index in [4.69, 9.17) is 13.9 Å². The minimum atomic E-state index is -0.752. The summed E-state index contributed by atoms with van der Waals surface area (Å²) in [6.07, 6.45) is -0.752. The van der Waals surface area contributed by atoms with Crippen LogP contribution in [0.15, 0.2) is 51.7 Å². The van der Waals surface area contributed by atoms with Crippen LogP contribution in [0.4, 0.5) is 5.69 Å². The molecule has 1 aliphatic heterocycles. The van der Waals surface area contributed by atoms with Crippen molar-refractivity contribution in [3.05, 3.63) is 53.0 Å². The Labute approximate surface area is 136 Å². The maximum absolute atomic E-state index is 12.4. The van der Waals surface area contributed by atoms with Crippen LogP contribution >= 0.6 is 0 Å². The van der Waals surface area contributed by atoms with Crippen LogP contribution in [0, 0.1) is 0 Å². The Morgan fingerprint density at radius 2 is 2.00 bits per heavy atom. The minimum absolute atomic E-state index is 0.130. The third-order valence-corrected chi connectivity index (χ3v) is 3.86. The molecule has 2 aromatic carbocycles. The zero-order valence-electron chi connectivity index (χ0n) is 12.8. The number of para-hydroxylation sites is 2. The molecule has 24 heavy (non-hydrogen) atoms. The smallest absolute Gasteiger partial charge is 0.419 e. The summed E-state index contributed by atoms with van der Waals surface area (Å²) in [6, 6.07) is 12.2. The number of ether oxygens (including phenoxy) is 2. The number of hydrogen-bond acceptors (Lipinski definition) is 5. The highest BCUT2D eigenvalue weighted by Gasteiger charge is 2.27. The number of amides is 1. The number of carbonyl (C=O) groups is 1. The molecule has 0 spiro atoms. The predicted octanol–water partition coefficient (Wildman–Crippen LogP) is 1.91. The van der Waals surface area contributed by atoms with Crippen LogP contribution in [-0.4, -0.2) is 23.2 Å². The molecule has 1 N–H and O–H groups in total. The molecule has 1 aromatic heterocycles.